The zero-order valence-electron chi connectivity index (χ0n) is 12.2. The molecule has 1 aliphatic heterocycles. The second kappa shape index (κ2) is 7.07. The number of likely N-dealkylation sites (tertiary alicyclic amines) is 1. The lowest BCUT2D eigenvalue weighted by atomic mass is 10.1. The Labute approximate surface area is 115 Å². The Morgan fingerprint density at radius 1 is 1.05 bits per heavy atom. The number of nitrogens with two attached hydrogens (primary N) is 2. The van der Waals surface area contributed by atoms with Crippen LogP contribution in [0, 0.1) is 0 Å². The van der Waals surface area contributed by atoms with Crippen molar-refractivity contribution >= 4 is 5.97 Å². The third-order valence-corrected chi connectivity index (χ3v) is 3.56. The molecule has 1 aliphatic rings. The van der Waals surface area contributed by atoms with E-state index in [9.17, 15) is 4.79 Å². The standard InChI is InChI=1S/C14H25N3O2/c1-10(11(2)15)12(14(18)19-3)13(16)17-8-6-4-5-7-9-17/h4-9,15-16H2,1-3H3/b11-10-,13-12-. The van der Waals surface area contributed by atoms with E-state index in [0.29, 0.717) is 22.7 Å². The van der Waals surface area contributed by atoms with Crippen LogP contribution in [-0.4, -0.2) is 31.1 Å². The van der Waals surface area contributed by atoms with E-state index in [4.69, 9.17) is 16.2 Å². The lowest BCUT2D eigenvalue weighted by Crippen LogP contribution is -2.32. The van der Waals surface area contributed by atoms with E-state index in [1.807, 2.05) is 0 Å². The number of allylic oxidation sites excluding steroid dienone is 1. The van der Waals surface area contributed by atoms with Crippen molar-refractivity contribution in [2.75, 3.05) is 20.2 Å². The van der Waals surface area contributed by atoms with E-state index in [0.717, 1.165) is 25.9 Å². The second-order valence-corrected chi connectivity index (χ2v) is 4.96. The van der Waals surface area contributed by atoms with Gasteiger partial charge in [-0.25, -0.2) is 4.79 Å². The van der Waals surface area contributed by atoms with Crippen molar-refractivity contribution in [3.8, 4) is 0 Å². The molecule has 1 heterocycles. The van der Waals surface area contributed by atoms with Crippen molar-refractivity contribution in [2.24, 2.45) is 11.5 Å². The van der Waals surface area contributed by atoms with Gasteiger partial charge in [-0.15, -0.1) is 0 Å². The molecule has 5 nitrogen and oxygen atoms in total. The van der Waals surface area contributed by atoms with Crippen molar-refractivity contribution < 1.29 is 9.53 Å². The van der Waals surface area contributed by atoms with Crippen LogP contribution in [0.25, 0.3) is 0 Å². The monoisotopic (exact) mass is 267 g/mol. The molecule has 0 bridgehead atoms. The van der Waals surface area contributed by atoms with Crippen molar-refractivity contribution in [2.45, 2.75) is 39.5 Å². The first kappa shape index (κ1) is 15.4. The molecule has 108 valence electrons. The van der Waals surface area contributed by atoms with Crippen LogP contribution in [-0.2, 0) is 9.53 Å². The summed E-state index contributed by atoms with van der Waals surface area (Å²) in [6, 6.07) is 0. The van der Waals surface area contributed by atoms with Gasteiger partial charge in [0, 0.05) is 18.8 Å². The largest absolute Gasteiger partial charge is 0.465 e. The number of methoxy groups -OCH3 is 1. The van der Waals surface area contributed by atoms with Crippen molar-refractivity contribution in [3.63, 3.8) is 0 Å². The Morgan fingerprint density at radius 3 is 2.00 bits per heavy atom. The molecule has 0 atom stereocenters. The van der Waals surface area contributed by atoms with Gasteiger partial charge in [0.1, 0.15) is 11.4 Å². The van der Waals surface area contributed by atoms with E-state index in [1.54, 1.807) is 13.8 Å². The lowest BCUT2D eigenvalue weighted by Gasteiger charge is -2.25. The summed E-state index contributed by atoms with van der Waals surface area (Å²) >= 11 is 0. The molecule has 0 saturated carbocycles. The van der Waals surface area contributed by atoms with Crippen LogP contribution in [0.2, 0.25) is 0 Å². The Morgan fingerprint density at radius 2 is 1.58 bits per heavy atom. The lowest BCUT2D eigenvalue weighted by molar-refractivity contribution is -0.136. The highest BCUT2D eigenvalue weighted by Crippen LogP contribution is 2.20. The maximum Gasteiger partial charge on any atom is 0.341 e. The molecular weight excluding hydrogens is 242 g/mol. The minimum Gasteiger partial charge on any atom is -0.465 e. The molecule has 4 N–H and O–H groups in total. The fourth-order valence-electron chi connectivity index (χ4n) is 2.22. The van der Waals surface area contributed by atoms with E-state index in [-0.39, 0.29) is 0 Å². The Hall–Kier alpha value is -1.65. The number of hydrogen-bond donors (Lipinski definition) is 2. The molecule has 0 amide bonds. The summed E-state index contributed by atoms with van der Waals surface area (Å²) in [5.41, 5.74) is 13.6. The average molecular weight is 267 g/mol. The number of carbonyl (C=O) groups excluding carboxylic acids is 1. The Kier molecular flexibility index (Phi) is 5.73. The van der Waals surface area contributed by atoms with E-state index in [1.165, 1.54) is 20.0 Å². The summed E-state index contributed by atoms with van der Waals surface area (Å²) in [4.78, 5) is 14.0. The molecule has 0 aliphatic carbocycles. The van der Waals surface area contributed by atoms with Gasteiger partial charge in [-0.2, -0.15) is 0 Å². The van der Waals surface area contributed by atoms with Crippen molar-refractivity contribution in [1.29, 1.82) is 0 Å². The van der Waals surface area contributed by atoms with Gasteiger partial charge in [0.2, 0.25) is 0 Å². The topological polar surface area (TPSA) is 81.6 Å². The van der Waals surface area contributed by atoms with Gasteiger partial charge >= 0.3 is 5.97 Å². The summed E-state index contributed by atoms with van der Waals surface area (Å²) in [7, 11) is 1.36. The molecule has 1 saturated heterocycles. The van der Waals surface area contributed by atoms with E-state index < -0.39 is 5.97 Å². The van der Waals surface area contributed by atoms with Gasteiger partial charge in [-0.1, -0.05) is 12.8 Å². The van der Waals surface area contributed by atoms with E-state index >= 15 is 0 Å². The number of rotatable bonds is 3. The SMILES string of the molecule is COC(=O)C(/C(C)=C(/C)N)=C(/N)N1CCCCCC1. The minimum atomic E-state index is -0.427. The van der Waals surface area contributed by atoms with Gasteiger partial charge in [0.25, 0.3) is 0 Å². The summed E-state index contributed by atoms with van der Waals surface area (Å²) in [6.45, 7) is 5.31. The highest BCUT2D eigenvalue weighted by Gasteiger charge is 2.22. The van der Waals surface area contributed by atoms with Crippen molar-refractivity contribution in [3.05, 3.63) is 22.7 Å². The molecule has 1 fully saturated rings. The van der Waals surface area contributed by atoms with Gasteiger partial charge in [-0.05, 0) is 32.3 Å². The normalized spacial score (nSPS) is 19.2. The maximum atomic E-state index is 12.0. The van der Waals surface area contributed by atoms with Crippen LogP contribution in [0.15, 0.2) is 22.7 Å². The van der Waals surface area contributed by atoms with Crippen LogP contribution < -0.4 is 11.5 Å². The Balaban J connectivity index is 3.15. The molecule has 19 heavy (non-hydrogen) atoms. The molecule has 0 aromatic carbocycles. The van der Waals surface area contributed by atoms with Gasteiger partial charge < -0.3 is 21.1 Å². The smallest absolute Gasteiger partial charge is 0.341 e. The van der Waals surface area contributed by atoms with Crippen LogP contribution in [0.1, 0.15) is 39.5 Å². The first-order chi connectivity index (χ1) is 8.99. The molecular formula is C14H25N3O2. The molecule has 5 heteroatoms. The molecule has 0 spiro atoms. The first-order valence-electron chi connectivity index (χ1n) is 6.75. The summed E-state index contributed by atoms with van der Waals surface area (Å²) in [5.74, 6) is 0.0556. The first-order valence-corrected chi connectivity index (χ1v) is 6.75. The molecule has 0 aromatic rings. The molecule has 1 rings (SSSR count). The number of ether oxygens (including phenoxy) is 1. The Bertz CT molecular complexity index is 387. The molecule has 0 radical (unpaired) electrons. The minimum absolute atomic E-state index is 0.393. The summed E-state index contributed by atoms with van der Waals surface area (Å²) in [6.07, 6.45) is 4.61. The van der Waals surface area contributed by atoms with Crippen LogP contribution in [0.3, 0.4) is 0 Å². The zero-order chi connectivity index (χ0) is 14.4. The highest BCUT2D eigenvalue weighted by molar-refractivity contribution is 5.94. The average Bonchev–Trinajstić information content (AvgIpc) is 2.67. The van der Waals surface area contributed by atoms with E-state index in [2.05, 4.69) is 4.90 Å². The predicted molar refractivity (Wildman–Crippen MR) is 75.8 cm³/mol. The zero-order valence-corrected chi connectivity index (χ0v) is 12.2. The number of carbonyl (C=O) groups is 1. The highest BCUT2D eigenvalue weighted by atomic mass is 16.5. The van der Waals surface area contributed by atoms with Gasteiger partial charge in [-0.3, -0.25) is 0 Å². The third-order valence-electron chi connectivity index (χ3n) is 3.56. The molecule has 0 aromatic heterocycles. The predicted octanol–water partition coefficient (Wildman–Crippen LogP) is 1.46. The molecule has 0 unspecified atom stereocenters. The number of hydrogen-bond acceptors (Lipinski definition) is 5. The van der Waals surface area contributed by atoms with Gasteiger partial charge in [0.15, 0.2) is 0 Å². The van der Waals surface area contributed by atoms with Crippen LogP contribution in [0.5, 0.6) is 0 Å². The summed E-state index contributed by atoms with van der Waals surface area (Å²) < 4.78 is 4.83. The third kappa shape index (κ3) is 3.91. The van der Waals surface area contributed by atoms with Crippen molar-refractivity contribution in [1.82, 2.24) is 4.90 Å². The number of nitrogens with zero attached hydrogens (tertiary/aromatic N) is 1. The van der Waals surface area contributed by atoms with Gasteiger partial charge in [0.05, 0.1) is 7.11 Å². The fraction of sp³-hybridized carbons (Fsp3) is 0.643. The maximum absolute atomic E-state index is 12.0. The van der Waals surface area contributed by atoms with Crippen LogP contribution >= 0.6 is 0 Å². The second-order valence-electron chi connectivity index (χ2n) is 4.96. The van der Waals surface area contributed by atoms with Crippen LogP contribution in [0.4, 0.5) is 0 Å². The number of esters is 1. The quantitative estimate of drug-likeness (QED) is 0.459. The fourth-order valence-corrected chi connectivity index (χ4v) is 2.22. The summed E-state index contributed by atoms with van der Waals surface area (Å²) in [5, 5.41) is 0.